The number of ether oxygens (including phenoxy) is 1. The Labute approximate surface area is 205 Å². The molecule has 3 heterocycles. The minimum atomic E-state index is -0.497. The van der Waals surface area contributed by atoms with Gasteiger partial charge >= 0.3 is 13.2 Å². The van der Waals surface area contributed by atoms with Crippen LogP contribution in [0.3, 0.4) is 0 Å². The summed E-state index contributed by atoms with van der Waals surface area (Å²) in [6.45, 7) is 18.7. The van der Waals surface area contributed by atoms with Crippen LogP contribution in [0.2, 0.25) is 0 Å². The van der Waals surface area contributed by atoms with Gasteiger partial charge in [-0.25, -0.2) is 4.79 Å². The quantitative estimate of drug-likeness (QED) is 0.643. The van der Waals surface area contributed by atoms with Crippen molar-refractivity contribution in [3.8, 4) is 0 Å². The molecule has 1 amide bonds. The summed E-state index contributed by atoms with van der Waals surface area (Å²) in [6, 6.07) is 8.29. The van der Waals surface area contributed by atoms with Crippen molar-refractivity contribution < 1.29 is 18.8 Å². The van der Waals surface area contributed by atoms with E-state index in [1.54, 1.807) is 0 Å². The first kappa shape index (κ1) is 26.4. The van der Waals surface area contributed by atoms with Crippen LogP contribution >= 0.6 is 0 Å². The minimum Gasteiger partial charge on any atom is -0.444 e. The Bertz CT molecular complexity index is 876. The van der Waals surface area contributed by atoms with E-state index in [9.17, 15) is 4.79 Å². The predicted molar refractivity (Wildman–Crippen MR) is 138 cm³/mol. The minimum absolute atomic E-state index is 0.0391. The summed E-state index contributed by atoms with van der Waals surface area (Å²) in [5.41, 5.74) is 1.87. The van der Waals surface area contributed by atoms with Gasteiger partial charge in [0.15, 0.2) is 0 Å². The Morgan fingerprint density at radius 3 is 2.24 bits per heavy atom. The fraction of sp³-hybridized carbons (Fsp3) is 0.654. The highest BCUT2D eigenvalue weighted by Crippen LogP contribution is 2.36. The molecule has 34 heavy (non-hydrogen) atoms. The SMILES string of the molecule is CC.CC(C)(C)OC(=O)N1CCCC1C1NC=C(c2ccc(B3OC(C)(C)C(C)(C)O3)cc2)N1. The molecular formula is C26H42BN3O4. The third-order valence-electron chi connectivity index (χ3n) is 6.78. The van der Waals surface area contributed by atoms with E-state index >= 15 is 0 Å². The Morgan fingerprint density at radius 1 is 1.09 bits per heavy atom. The lowest BCUT2D eigenvalue weighted by Gasteiger charge is -2.32. The second-order valence-electron chi connectivity index (χ2n) is 10.9. The molecule has 4 rings (SSSR count). The number of benzene rings is 1. The molecule has 1 aromatic carbocycles. The van der Waals surface area contributed by atoms with Crippen LogP contribution < -0.4 is 16.1 Å². The Morgan fingerprint density at radius 2 is 1.68 bits per heavy atom. The van der Waals surface area contributed by atoms with E-state index in [0.717, 1.165) is 36.1 Å². The monoisotopic (exact) mass is 471 g/mol. The predicted octanol–water partition coefficient (Wildman–Crippen LogP) is 4.23. The first-order chi connectivity index (χ1) is 15.9. The second-order valence-corrected chi connectivity index (χ2v) is 10.9. The fourth-order valence-corrected chi connectivity index (χ4v) is 4.28. The molecule has 0 aliphatic carbocycles. The summed E-state index contributed by atoms with van der Waals surface area (Å²) in [7, 11) is -0.369. The van der Waals surface area contributed by atoms with Crippen LogP contribution in [0.15, 0.2) is 30.5 Å². The number of hydrogen-bond donors (Lipinski definition) is 2. The molecule has 0 radical (unpaired) electrons. The van der Waals surface area contributed by atoms with Crippen LogP contribution in [0.25, 0.3) is 5.70 Å². The van der Waals surface area contributed by atoms with Crippen LogP contribution in [0.1, 0.15) is 80.7 Å². The van der Waals surface area contributed by atoms with Crippen LogP contribution in [-0.4, -0.2) is 53.7 Å². The zero-order chi connectivity index (χ0) is 25.3. The van der Waals surface area contributed by atoms with Gasteiger partial charge in [-0.15, -0.1) is 0 Å². The van der Waals surface area contributed by atoms with Crippen molar-refractivity contribution in [3.63, 3.8) is 0 Å². The summed E-state index contributed by atoms with van der Waals surface area (Å²) in [4.78, 5) is 14.5. The van der Waals surface area contributed by atoms with Gasteiger partial charge in [0.25, 0.3) is 0 Å². The zero-order valence-electron chi connectivity index (χ0n) is 22.3. The van der Waals surface area contributed by atoms with Crippen molar-refractivity contribution in [2.75, 3.05) is 6.54 Å². The number of carbonyl (C=O) groups excluding carboxylic acids is 1. The van der Waals surface area contributed by atoms with Gasteiger partial charge in [-0.1, -0.05) is 38.1 Å². The van der Waals surface area contributed by atoms with E-state index in [2.05, 4.69) is 62.6 Å². The lowest BCUT2D eigenvalue weighted by Crippen LogP contribution is -2.52. The molecular weight excluding hydrogens is 429 g/mol. The molecule has 8 heteroatoms. The highest BCUT2D eigenvalue weighted by molar-refractivity contribution is 6.62. The van der Waals surface area contributed by atoms with Crippen LogP contribution in [0.5, 0.6) is 0 Å². The number of rotatable bonds is 3. The van der Waals surface area contributed by atoms with Crippen LogP contribution in [0, 0.1) is 0 Å². The molecule has 0 saturated carbocycles. The molecule has 3 aliphatic rings. The van der Waals surface area contributed by atoms with Gasteiger partial charge in [0, 0.05) is 12.7 Å². The van der Waals surface area contributed by atoms with Gasteiger partial charge in [-0.2, -0.15) is 0 Å². The smallest absolute Gasteiger partial charge is 0.444 e. The van der Waals surface area contributed by atoms with E-state index < -0.39 is 5.60 Å². The lowest BCUT2D eigenvalue weighted by atomic mass is 9.79. The van der Waals surface area contributed by atoms with Crippen molar-refractivity contribution in [2.24, 2.45) is 0 Å². The summed E-state index contributed by atoms with van der Waals surface area (Å²) in [6.07, 6.45) is 3.61. The van der Waals surface area contributed by atoms with Gasteiger partial charge in [-0.05, 0) is 72.3 Å². The highest BCUT2D eigenvalue weighted by atomic mass is 16.7. The molecule has 1 aromatic rings. The Balaban J connectivity index is 0.00000158. The third-order valence-corrected chi connectivity index (χ3v) is 6.78. The maximum absolute atomic E-state index is 12.6. The molecule has 7 nitrogen and oxygen atoms in total. The second kappa shape index (κ2) is 9.82. The van der Waals surface area contributed by atoms with Crippen molar-refractivity contribution in [2.45, 2.75) is 104 Å². The van der Waals surface area contributed by atoms with E-state index in [4.69, 9.17) is 14.0 Å². The molecule has 2 unspecified atom stereocenters. The summed E-state index contributed by atoms with van der Waals surface area (Å²) in [5.74, 6) is 0. The van der Waals surface area contributed by atoms with E-state index in [1.807, 2.05) is 45.7 Å². The fourth-order valence-electron chi connectivity index (χ4n) is 4.28. The number of nitrogens with zero attached hydrogens (tertiary/aromatic N) is 1. The summed E-state index contributed by atoms with van der Waals surface area (Å²) in [5, 5.41) is 6.96. The molecule has 188 valence electrons. The number of carbonyl (C=O) groups is 1. The first-order valence-corrected chi connectivity index (χ1v) is 12.5. The van der Waals surface area contributed by atoms with Gasteiger partial charge < -0.3 is 29.6 Å². The molecule has 2 fully saturated rings. The van der Waals surface area contributed by atoms with Gasteiger partial charge in [0.1, 0.15) is 11.8 Å². The van der Waals surface area contributed by atoms with E-state index in [-0.39, 0.29) is 36.6 Å². The normalized spacial score (nSPS) is 25.1. The maximum atomic E-state index is 12.6. The van der Waals surface area contributed by atoms with Crippen molar-refractivity contribution in [1.29, 1.82) is 0 Å². The standard InChI is InChI=1S/C24H36BN3O4.C2H6/c1-22(2,3)30-21(29)28-14-8-9-19(28)20-26-15-18(27-20)16-10-12-17(13-11-16)25-31-23(4,5)24(6,7)32-25;1-2/h10-13,15,19-20,26-27H,8-9,14H2,1-7H3;1-2H3. The molecule has 0 aromatic heterocycles. The van der Waals surface area contributed by atoms with Crippen molar-refractivity contribution in [3.05, 3.63) is 36.0 Å². The molecule has 2 saturated heterocycles. The lowest BCUT2D eigenvalue weighted by molar-refractivity contribution is 0.00578. The number of hydrogen-bond acceptors (Lipinski definition) is 6. The number of amides is 1. The van der Waals surface area contributed by atoms with Gasteiger partial charge in [0.2, 0.25) is 0 Å². The average Bonchev–Trinajstić information content (AvgIpc) is 3.46. The van der Waals surface area contributed by atoms with Gasteiger partial charge in [-0.3, -0.25) is 0 Å². The Kier molecular flexibility index (Phi) is 7.63. The number of likely N-dealkylation sites (tertiary alicyclic amines) is 1. The summed E-state index contributed by atoms with van der Waals surface area (Å²) >= 11 is 0. The molecule has 2 atom stereocenters. The Hall–Kier alpha value is -2.19. The maximum Gasteiger partial charge on any atom is 0.494 e. The van der Waals surface area contributed by atoms with E-state index in [1.165, 1.54) is 0 Å². The van der Waals surface area contributed by atoms with Crippen LogP contribution in [0.4, 0.5) is 4.79 Å². The van der Waals surface area contributed by atoms with E-state index in [0.29, 0.717) is 0 Å². The molecule has 0 spiro atoms. The number of nitrogens with one attached hydrogen (secondary N) is 2. The summed E-state index contributed by atoms with van der Waals surface area (Å²) < 4.78 is 17.9. The van der Waals surface area contributed by atoms with Crippen molar-refractivity contribution >= 4 is 24.4 Å². The van der Waals surface area contributed by atoms with Crippen LogP contribution in [-0.2, 0) is 14.0 Å². The third kappa shape index (κ3) is 5.55. The highest BCUT2D eigenvalue weighted by Gasteiger charge is 2.51. The van der Waals surface area contributed by atoms with Crippen molar-refractivity contribution in [1.82, 2.24) is 15.5 Å². The molecule has 3 aliphatic heterocycles. The topological polar surface area (TPSA) is 72.1 Å². The molecule has 0 bridgehead atoms. The largest absolute Gasteiger partial charge is 0.494 e. The zero-order valence-corrected chi connectivity index (χ0v) is 22.3. The van der Waals surface area contributed by atoms with Gasteiger partial charge in [0.05, 0.1) is 22.9 Å². The average molecular weight is 471 g/mol. The molecule has 2 N–H and O–H groups in total. The first-order valence-electron chi connectivity index (χ1n) is 12.5.